The summed E-state index contributed by atoms with van der Waals surface area (Å²) in [5, 5.41) is 4.42. The molecule has 0 spiro atoms. The minimum Gasteiger partial charge on any atom is -0.383 e. The molecule has 0 unspecified atom stereocenters. The standard InChI is InChI=1S/C24H21N7/c1-15-13-27-30(14-15)21-10-9-20-24(29-21)31(18-8-7-16-4-2-5-17(16)12-18)23(28-20)19-6-3-11-26-22(19)25/h3,6-14H,2,4-5H2,1H3,(H2,25,26). The predicted molar refractivity (Wildman–Crippen MR) is 120 cm³/mol. The third-order valence-corrected chi connectivity index (χ3v) is 5.86. The fourth-order valence-corrected chi connectivity index (χ4v) is 4.34. The molecule has 0 aliphatic heterocycles. The smallest absolute Gasteiger partial charge is 0.167 e. The molecule has 1 aromatic carbocycles. The van der Waals surface area contributed by atoms with E-state index < -0.39 is 0 Å². The van der Waals surface area contributed by atoms with Crippen LogP contribution in [0.15, 0.2) is 61.1 Å². The number of nitrogens with zero attached hydrogens (tertiary/aromatic N) is 6. The molecule has 0 radical (unpaired) electrons. The molecule has 0 amide bonds. The Hall–Kier alpha value is -4.00. The molecule has 1 aliphatic carbocycles. The number of nitrogens with two attached hydrogens (primary N) is 1. The highest BCUT2D eigenvalue weighted by Crippen LogP contribution is 2.32. The summed E-state index contributed by atoms with van der Waals surface area (Å²) in [4.78, 5) is 14.1. The average Bonchev–Trinajstić information content (AvgIpc) is 3.50. The molecule has 31 heavy (non-hydrogen) atoms. The fourth-order valence-electron chi connectivity index (χ4n) is 4.34. The summed E-state index contributed by atoms with van der Waals surface area (Å²) >= 11 is 0. The van der Waals surface area contributed by atoms with Crippen LogP contribution in [-0.2, 0) is 12.8 Å². The summed E-state index contributed by atoms with van der Waals surface area (Å²) in [5.74, 6) is 1.93. The summed E-state index contributed by atoms with van der Waals surface area (Å²) in [7, 11) is 0. The first-order valence-corrected chi connectivity index (χ1v) is 10.4. The molecule has 2 N–H and O–H groups in total. The van der Waals surface area contributed by atoms with Crippen molar-refractivity contribution in [2.75, 3.05) is 5.73 Å². The van der Waals surface area contributed by atoms with Gasteiger partial charge in [0, 0.05) is 18.1 Å². The summed E-state index contributed by atoms with van der Waals surface area (Å²) in [5.41, 5.74) is 13.5. The van der Waals surface area contributed by atoms with Crippen LogP contribution >= 0.6 is 0 Å². The van der Waals surface area contributed by atoms with E-state index >= 15 is 0 Å². The van der Waals surface area contributed by atoms with Gasteiger partial charge >= 0.3 is 0 Å². The van der Waals surface area contributed by atoms with E-state index in [1.807, 2.05) is 43.6 Å². The number of imidazole rings is 1. The van der Waals surface area contributed by atoms with Crippen molar-refractivity contribution in [3.63, 3.8) is 0 Å². The van der Waals surface area contributed by atoms with Gasteiger partial charge in [0.25, 0.3) is 0 Å². The van der Waals surface area contributed by atoms with Gasteiger partial charge in [-0.25, -0.2) is 19.6 Å². The molecule has 4 heterocycles. The van der Waals surface area contributed by atoms with E-state index in [1.54, 1.807) is 10.9 Å². The van der Waals surface area contributed by atoms with E-state index in [-0.39, 0.29) is 0 Å². The van der Waals surface area contributed by atoms with Crippen LogP contribution in [0.1, 0.15) is 23.1 Å². The monoisotopic (exact) mass is 407 g/mol. The second kappa shape index (κ2) is 6.77. The lowest BCUT2D eigenvalue weighted by atomic mass is 10.1. The SMILES string of the molecule is Cc1cnn(-c2ccc3nc(-c4cccnc4N)n(-c4ccc5c(c4)CCC5)c3n2)c1. The summed E-state index contributed by atoms with van der Waals surface area (Å²) < 4.78 is 3.87. The van der Waals surface area contributed by atoms with Crippen LogP contribution in [0.25, 0.3) is 34.1 Å². The van der Waals surface area contributed by atoms with Crippen molar-refractivity contribution in [3.05, 3.63) is 77.7 Å². The second-order valence-electron chi connectivity index (χ2n) is 7.99. The van der Waals surface area contributed by atoms with Gasteiger partial charge < -0.3 is 5.73 Å². The first kappa shape index (κ1) is 17.8. The maximum atomic E-state index is 6.24. The molecule has 0 bridgehead atoms. The number of pyridine rings is 2. The molecule has 0 atom stereocenters. The molecule has 0 fully saturated rings. The van der Waals surface area contributed by atoms with E-state index in [4.69, 9.17) is 15.7 Å². The highest BCUT2D eigenvalue weighted by Gasteiger charge is 2.20. The molecular weight excluding hydrogens is 386 g/mol. The van der Waals surface area contributed by atoms with Gasteiger partial charge in [0.2, 0.25) is 0 Å². The Morgan fingerprint density at radius 3 is 2.74 bits per heavy atom. The first-order chi connectivity index (χ1) is 15.2. The van der Waals surface area contributed by atoms with Gasteiger partial charge in [0.1, 0.15) is 11.3 Å². The normalized spacial score (nSPS) is 13.1. The van der Waals surface area contributed by atoms with Crippen LogP contribution in [0.2, 0.25) is 0 Å². The number of hydrogen-bond donors (Lipinski definition) is 1. The molecule has 152 valence electrons. The lowest BCUT2D eigenvalue weighted by Gasteiger charge is -2.12. The van der Waals surface area contributed by atoms with Crippen molar-refractivity contribution in [3.8, 4) is 22.9 Å². The molecule has 7 nitrogen and oxygen atoms in total. The van der Waals surface area contributed by atoms with Gasteiger partial charge in [-0.2, -0.15) is 5.10 Å². The zero-order valence-corrected chi connectivity index (χ0v) is 17.2. The summed E-state index contributed by atoms with van der Waals surface area (Å²) in [6.45, 7) is 2.01. The van der Waals surface area contributed by atoms with Crippen molar-refractivity contribution in [2.45, 2.75) is 26.2 Å². The Balaban J connectivity index is 1.64. The number of aryl methyl sites for hydroxylation is 3. The maximum absolute atomic E-state index is 6.24. The third-order valence-electron chi connectivity index (χ3n) is 5.86. The van der Waals surface area contributed by atoms with E-state index in [0.29, 0.717) is 5.82 Å². The van der Waals surface area contributed by atoms with E-state index in [0.717, 1.165) is 52.5 Å². The number of benzene rings is 1. The Bertz CT molecular complexity index is 1440. The molecule has 0 saturated carbocycles. The number of aromatic nitrogens is 6. The molecule has 7 heteroatoms. The van der Waals surface area contributed by atoms with Crippen LogP contribution in [-0.4, -0.2) is 29.3 Å². The predicted octanol–water partition coefficient (Wildman–Crippen LogP) is 4.05. The molecule has 5 aromatic rings. The Morgan fingerprint density at radius 1 is 1.00 bits per heavy atom. The molecule has 6 rings (SSSR count). The number of anilines is 1. The van der Waals surface area contributed by atoms with Crippen LogP contribution < -0.4 is 5.73 Å². The Kier molecular flexibility index (Phi) is 3.89. The summed E-state index contributed by atoms with van der Waals surface area (Å²) in [6, 6.07) is 14.4. The lowest BCUT2D eigenvalue weighted by molar-refractivity contribution is 0.848. The maximum Gasteiger partial charge on any atom is 0.167 e. The summed E-state index contributed by atoms with van der Waals surface area (Å²) in [6.07, 6.45) is 8.93. The van der Waals surface area contributed by atoms with Crippen LogP contribution in [0.3, 0.4) is 0 Å². The zero-order valence-electron chi connectivity index (χ0n) is 17.2. The van der Waals surface area contributed by atoms with Gasteiger partial charge in [-0.1, -0.05) is 6.07 Å². The molecular formula is C24H21N7. The Labute approximate surface area is 179 Å². The largest absolute Gasteiger partial charge is 0.383 e. The van der Waals surface area contributed by atoms with Crippen LogP contribution in [0.5, 0.6) is 0 Å². The zero-order chi connectivity index (χ0) is 20.9. The fraction of sp³-hybridized carbons (Fsp3) is 0.167. The van der Waals surface area contributed by atoms with E-state index in [1.165, 1.54) is 17.5 Å². The van der Waals surface area contributed by atoms with Gasteiger partial charge in [-0.05, 0) is 79.3 Å². The average molecular weight is 407 g/mol. The molecule has 1 aliphatic rings. The number of rotatable bonds is 3. The number of fused-ring (bicyclic) bond motifs is 2. The Morgan fingerprint density at radius 2 is 1.90 bits per heavy atom. The minimum atomic E-state index is 0.447. The second-order valence-corrected chi connectivity index (χ2v) is 7.99. The third kappa shape index (κ3) is 2.89. The first-order valence-electron chi connectivity index (χ1n) is 10.4. The minimum absolute atomic E-state index is 0.447. The van der Waals surface area contributed by atoms with Crippen LogP contribution in [0.4, 0.5) is 5.82 Å². The van der Waals surface area contributed by atoms with Gasteiger partial charge in [-0.15, -0.1) is 0 Å². The topological polar surface area (TPSA) is 87.4 Å². The van der Waals surface area contributed by atoms with E-state index in [2.05, 4.69) is 32.8 Å². The van der Waals surface area contributed by atoms with Crippen molar-refractivity contribution in [1.29, 1.82) is 0 Å². The molecule has 0 saturated heterocycles. The van der Waals surface area contributed by atoms with Crippen molar-refractivity contribution < 1.29 is 0 Å². The van der Waals surface area contributed by atoms with Crippen molar-refractivity contribution in [1.82, 2.24) is 29.3 Å². The quantitative estimate of drug-likeness (QED) is 0.488. The number of nitrogen functional groups attached to an aromatic ring is 1. The van der Waals surface area contributed by atoms with Crippen molar-refractivity contribution >= 4 is 17.0 Å². The van der Waals surface area contributed by atoms with Gasteiger partial charge in [0.15, 0.2) is 17.3 Å². The highest BCUT2D eigenvalue weighted by atomic mass is 15.3. The van der Waals surface area contributed by atoms with E-state index in [9.17, 15) is 0 Å². The highest BCUT2D eigenvalue weighted by molar-refractivity contribution is 5.83. The van der Waals surface area contributed by atoms with Gasteiger partial charge in [0.05, 0.1) is 11.8 Å². The number of hydrogen-bond acceptors (Lipinski definition) is 5. The molecule has 4 aromatic heterocycles. The van der Waals surface area contributed by atoms with Crippen molar-refractivity contribution in [2.24, 2.45) is 0 Å². The lowest BCUT2D eigenvalue weighted by Crippen LogP contribution is -2.04. The van der Waals surface area contributed by atoms with Crippen LogP contribution in [0, 0.1) is 6.92 Å². The van der Waals surface area contributed by atoms with Gasteiger partial charge in [-0.3, -0.25) is 4.57 Å².